The number of nitrogens with two attached hydrogens (primary N) is 1. The Hall–Kier alpha value is -1.92. The number of esters is 1. The maximum absolute atomic E-state index is 12.4. The molecule has 1 aromatic carbocycles. The molecule has 0 fully saturated rings. The summed E-state index contributed by atoms with van der Waals surface area (Å²) < 4.78 is 9.84. The van der Waals surface area contributed by atoms with Gasteiger partial charge in [0.2, 0.25) is 5.91 Å². The summed E-state index contributed by atoms with van der Waals surface area (Å²) in [6.45, 7) is 2.47. The zero-order valence-electron chi connectivity index (χ0n) is 12.5. The molecule has 1 aromatic rings. The van der Waals surface area contributed by atoms with Crippen molar-refractivity contribution in [3.05, 3.63) is 35.9 Å². The average Bonchev–Trinajstić information content (AvgIpc) is 2.51. The van der Waals surface area contributed by atoms with Crippen LogP contribution in [0.1, 0.15) is 18.5 Å². The van der Waals surface area contributed by atoms with Gasteiger partial charge in [0, 0.05) is 13.7 Å². The topological polar surface area (TPSA) is 81.9 Å². The number of methoxy groups -OCH3 is 1. The quantitative estimate of drug-likeness (QED) is 0.715. The van der Waals surface area contributed by atoms with Crippen molar-refractivity contribution in [1.82, 2.24) is 4.90 Å². The van der Waals surface area contributed by atoms with Crippen LogP contribution in [0.2, 0.25) is 0 Å². The molecule has 1 amide bonds. The lowest BCUT2D eigenvalue weighted by Crippen LogP contribution is -2.43. The van der Waals surface area contributed by atoms with Crippen molar-refractivity contribution in [2.75, 3.05) is 33.4 Å². The molecular formula is C15H22N2O4. The summed E-state index contributed by atoms with van der Waals surface area (Å²) >= 11 is 0. The zero-order valence-corrected chi connectivity index (χ0v) is 12.5. The van der Waals surface area contributed by atoms with Crippen LogP contribution in [0.15, 0.2) is 30.3 Å². The summed E-state index contributed by atoms with van der Waals surface area (Å²) in [4.78, 5) is 25.4. The molecule has 0 saturated carbocycles. The molecule has 0 spiro atoms. The third-order valence-corrected chi connectivity index (χ3v) is 2.93. The molecule has 1 atom stereocenters. The van der Waals surface area contributed by atoms with Crippen molar-refractivity contribution in [1.29, 1.82) is 0 Å². The van der Waals surface area contributed by atoms with E-state index < -0.39 is 12.0 Å². The van der Waals surface area contributed by atoms with Crippen LogP contribution < -0.4 is 5.73 Å². The summed E-state index contributed by atoms with van der Waals surface area (Å²) in [6.07, 6.45) is 0. The number of nitrogens with zero attached hydrogens (tertiary/aromatic N) is 1. The monoisotopic (exact) mass is 294 g/mol. The minimum Gasteiger partial charge on any atom is -0.465 e. The first kappa shape index (κ1) is 17.1. The maximum Gasteiger partial charge on any atom is 0.325 e. The van der Waals surface area contributed by atoms with E-state index in [-0.39, 0.29) is 25.6 Å². The van der Waals surface area contributed by atoms with Crippen molar-refractivity contribution in [3.63, 3.8) is 0 Å². The fraction of sp³-hybridized carbons (Fsp3) is 0.467. The molecule has 2 N–H and O–H groups in total. The Morgan fingerprint density at radius 3 is 2.52 bits per heavy atom. The molecule has 0 aliphatic rings. The van der Waals surface area contributed by atoms with Crippen molar-refractivity contribution in [2.45, 2.75) is 13.0 Å². The van der Waals surface area contributed by atoms with Crippen LogP contribution in [0.3, 0.4) is 0 Å². The molecule has 0 bridgehead atoms. The summed E-state index contributed by atoms with van der Waals surface area (Å²) in [6, 6.07) is 8.23. The van der Waals surface area contributed by atoms with Gasteiger partial charge in [-0.2, -0.15) is 0 Å². The highest BCUT2D eigenvalue weighted by Gasteiger charge is 2.24. The molecule has 116 valence electrons. The van der Waals surface area contributed by atoms with Crippen LogP contribution in [-0.4, -0.2) is 50.2 Å². The number of amides is 1. The van der Waals surface area contributed by atoms with Gasteiger partial charge >= 0.3 is 5.97 Å². The number of carbonyl (C=O) groups excluding carboxylic acids is 2. The van der Waals surface area contributed by atoms with E-state index in [1.54, 1.807) is 19.1 Å². The van der Waals surface area contributed by atoms with Gasteiger partial charge in [0.15, 0.2) is 0 Å². The van der Waals surface area contributed by atoms with Gasteiger partial charge in [-0.3, -0.25) is 9.59 Å². The van der Waals surface area contributed by atoms with Crippen LogP contribution in [0.25, 0.3) is 0 Å². The molecule has 6 nitrogen and oxygen atoms in total. The molecule has 1 unspecified atom stereocenters. The van der Waals surface area contributed by atoms with E-state index in [9.17, 15) is 9.59 Å². The fourth-order valence-corrected chi connectivity index (χ4v) is 1.83. The van der Waals surface area contributed by atoms with Gasteiger partial charge in [0.05, 0.1) is 13.2 Å². The summed E-state index contributed by atoms with van der Waals surface area (Å²) in [5.74, 6) is -0.784. The van der Waals surface area contributed by atoms with Crippen LogP contribution in [-0.2, 0) is 19.1 Å². The van der Waals surface area contributed by atoms with Gasteiger partial charge in [0.25, 0.3) is 0 Å². The molecule has 1 rings (SSSR count). The first-order chi connectivity index (χ1) is 10.1. The van der Waals surface area contributed by atoms with E-state index in [4.69, 9.17) is 15.2 Å². The number of ether oxygens (including phenoxy) is 2. The third-order valence-electron chi connectivity index (χ3n) is 2.93. The number of hydrogen-bond donors (Lipinski definition) is 1. The van der Waals surface area contributed by atoms with Crippen molar-refractivity contribution in [3.8, 4) is 0 Å². The SMILES string of the molecule is CCOC(=O)CN(CCOC)C(=O)C(N)c1ccccc1. The van der Waals surface area contributed by atoms with Crippen LogP contribution in [0, 0.1) is 0 Å². The Balaban J connectivity index is 2.76. The summed E-state index contributed by atoms with van der Waals surface area (Å²) in [7, 11) is 1.53. The zero-order chi connectivity index (χ0) is 15.7. The lowest BCUT2D eigenvalue weighted by atomic mass is 10.1. The predicted octanol–water partition coefficient (Wildman–Crippen LogP) is 0.725. The van der Waals surface area contributed by atoms with Gasteiger partial charge in [0.1, 0.15) is 12.6 Å². The Morgan fingerprint density at radius 2 is 1.95 bits per heavy atom. The van der Waals surface area contributed by atoms with E-state index in [1.165, 1.54) is 12.0 Å². The lowest BCUT2D eigenvalue weighted by molar-refractivity contribution is -0.149. The molecule has 6 heteroatoms. The van der Waals surface area contributed by atoms with Crippen molar-refractivity contribution < 1.29 is 19.1 Å². The third kappa shape index (κ3) is 5.53. The second-order valence-corrected chi connectivity index (χ2v) is 4.45. The molecule has 0 aliphatic heterocycles. The molecule has 0 radical (unpaired) electrons. The lowest BCUT2D eigenvalue weighted by Gasteiger charge is -2.24. The average molecular weight is 294 g/mol. The molecule has 0 aromatic heterocycles. The Bertz CT molecular complexity index is 450. The van der Waals surface area contributed by atoms with E-state index in [1.807, 2.05) is 18.2 Å². The predicted molar refractivity (Wildman–Crippen MR) is 78.5 cm³/mol. The molecule has 0 saturated heterocycles. The first-order valence-corrected chi connectivity index (χ1v) is 6.84. The number of carbonyl (C=O) groups is 2. The number of benzene rings is 1. The summed E-state index contributed by atoms with van der Waals surface area (Å²) in [5, 5.41) is 0. The van der Waals surface area contributed by atoms with E-state index >= 15 is 0 Å². The van der Waals surface area contributed by atoms with Gasteiger partial charge in [-0.05, 0) is 12.5 Å². The normalized spacial score (nSPS) is 11.8. The number of rotatable bonds is 8. The van der Waals surface area contributed by atoms with E-state index in [2.05, 4.69) is 0 Å². The minimum absolute atomic E-state index is 0.128. The van der Waals surface area contributed by atoms with Gasteiger partial charge in [-0.15, -0.1) is 0 Å². The highest BCUT2D eigenvalue weighted by molar-refractivity contribution is 5.86. The standard InChI is InChI=1S/C15H22N2O4/c1-3-21-13(18)11-17(9-10-20-2)15(19)14(16)12-7-5-4-6-8-12/h4-8,14H,3,9-11,16H2,1-2H3. The van der Waals surface area contributed by atoms with Crippen molar-refractivity contribution >= 4 is 11.9 Å². The van der Waals surface area contributed by atoms with E-state index in [0.29, 0.717) is 12.2 Å². The largest absolute Gasteiger partial charge is 0.465 e. The first-order valence-electron chi connectivity index (χ1n) is 6.84. The van der Waals surface area contributed by atoms with Gasteiger partial charge < -0.3 is 20.1 Å². The van der Waals surface area contributed by atoms with Crippen LogP contribution in [0.5, 0.6) is 0 Å². The minimum atomic E-state index is -0.808. The highest BCUT2D eigenvalue weighted by Crippen LogP contribution is 2.12. The molecule has 21 heavy (non-hydrogen) atoms. The second kappa shape index (κ2) is 9.10. The van der Waals surface area contributed by atoms with Gasteiger partial charge in [-0.25, -0.2) is 0 Å². The van der Waals surface area contributed by atoms with Crippen LogP contribution in [0.4, 0.5) is 0 Å². The summed E-state index contributed by atoms with van der Waals surface area (Å²) in [5.41, 5.74) is 6.68. The highest BCUT2D eigenvalue weighted by atomic mass is 16.5. The number of hydrogen-bond acceptors (Lipinski definition) is 5. The molecule has 0 aliphatic carbocycles. The second-order valence-electron chi connectivity index (χ2n) is 4.45. The fourth-order valence-electron chi connectivity index (χ4n) is 1.83. The van der Waals surface area contributed by atoms with Gasteiger partial charge in [-0.1, -0.05) is 30.3 Å². The van der Waals surface area contributed by atoms with Crippen molar-refractivity contribution in [2.24, 2.45) is 5.73 Å². The van der Waals surface area contributed by atoms with Crippen LogP contribution >= 0.6 is 0 Å². The Labute approximate surface area is 124 Å². The smallest absolute Gasteiger partial charge is 0.325 e. The van der Waals surface area contributed by atoms with E-state index in [0.717, 1.165) is 0 Å². The molecule has 0 heterocycles. The molecular weight excluding hydrogens is 272 g/mol. The Morgan fingerprint density at radius 1 is 1.29 bits per heavy atom. The maximum atomic E-state index is 12.4. The Kier molecular flexibility index (Phi) is 7.42.